The van der Waals surface area contributed by atoms with Crippen molar-refractivity contribution in [3.8, 4) is 11.5 Å². The van der Waals surface area contributed by atoms with Crippen LogP contribution in [0.3, 0.4) is 0 Å². The summed E-state index contributed by atoms with van der Waals surface area (Å²) in [5.74, 6) is -0.196. The van der Waals surface area contributed by atoms with Crippen LogP contribution in [0.25, 0.3) is 0 Å². The molecule has 148 valence electrons. The fraction of sp³-hybridized carbons (Fsp3) is 0.286. The van der Waals surface area contributed by atoms with Crippen LogP contribution in [0.4, 0.5) is 0 Å². The molecule has 0 aliphatic carbocycles. The first-order chi connectivity index (χ1) is 13.4. The number of rotatable bonds is 9. The third kappa shape index (κ3) is 6.42. The van der Waals surface area contributed by atoms with Crippen molar-refractivity contribution in [3.05, 3.63) is 59.7 Å². The molecule has 0 aromatic heterocycles. The molecular formula is C21H24N2O5. The number of carbonyl (C=O) groups excluding carboxylic acids is 1. The van der Waals surface area contributed by atoms with Gasteiger partial charge in [-0.2, -0.15) is 5.10 Å². The van der Waals surface area contributed by atoms with Gasteiger partial charge in [0, 0.05) is 5.56 Å². The molecule has 0 bridgehead atoms. The minimum atomic E-state index is -1.04. The van der Waals surface area contributed by atoms with Gasteiger partial charge < -0.3 is 14.6 Å². The second kappa shape index (κ2) is 10.1. The molecule has 0 fully saturated rings. The van der Waals surface area contributed by atoms with E-state index in [1.807, 2.05) is 20.8 Å². The Bertz CT molecular complexity index is 827. The average molecular weight is 384 g/mol. The molecule has 0 unspecified atom stereocenters. The topological polar surface area (TPSA) is 97.2 Å². The van der Waals surface area contributed by atoms with Gasteiger partial charge >= 0.3 is 5.97 Å². The van der Waals surface area contributed by atoms with Crippen molar-refractivity contribution in [2.75, 3.05) is 6.61 Å². The summed E-state index contributed by atoms with van der Waals surface area (Å²) in [6, 6.07) is 13.7. The Morgan fingerprint density at radius 3 is 2.11 bits per heavy atom. The highest BCUT2D eigenvalue weighted by Crippen LogP contribution is 2.15. The van der Waals surface area contributed by atoms with Crippen LogP contribution in [0.2, 0.25) is 0 Å². The van der Waals surface area contributed by atoms with Gasteiger partial charge in [0.25, 0.3) is 5.91 Å². The summed E-state index contributed by atoms with van der Waals surface area (Å²) >= 11 is 0. The van der Waals surface area contributed by atoms with Crippen molar-refractivity contribution in [2.45, 2.75) is 33.3 Å². The molecule has 0 aliphatic rings. The van der Waals surface area contributed by atoms with E-state index in [1.165, 1.54) is 0 Å². The summed E-state index contributed by atoms with van der Waals surface area (Å²) in [6.45, 7) is 5.40. The number of carboxylic acid groups (broad SMARTS) is 1. The zero-order chi connectivity index (χ0) is 20.5. The number of nitrogens with one attached hydrogen (secondary N) is 1. The zero-order valence-corrected chi connectivity index (χ0v) is 16.1. The van der Waals surface area contributed by atoms with Gasteiger partial charge in [-0.25, -0.2) is 10.2 Å². The molecule has 0 saturated carbocycles. The number of aliphatic carboxylic acids is 1. The Kier molecular flexibility index (Phi) is 7.56. The van der Waals surface area contributed by atoms with Gasteiger partial charge in [-0.3, -0.25) is 4.79 Å². The van der Waals surface area contributed by atoms with E-state index in [2.05, 4.69) is 10.5 Å². The highest BCUT2D eigenvalue weighted by atomic mass is 16.5. The Balaban J connectivity index is 2.01. The largest absolute Gasteiger partial charge is 0.491 e. The van der Waals surface area contributed by atoms with Crippen molar-refractivity contribution < 1.29 is 24.2 Å². The van der Waals surface area contributed by atoms with Gasteiger partial charge in [-0.15, -0.1) is 0 Å². The summed E-state index contributed by atoms with van der Waals surface area (Å²) in [6.07, 6.45) is 0.675. The van der Waals surface area contributed by atoms with Gasteiger partial charge in [0.2, 0.25) is 0 Å². The third-order valence-electron chi connectivity index (χ3n) is 3.67. The summed E-state index contributed by atoms with van der Waals surface area (Å²) in [5, 5.41) is 12.8. The van der Waals surface area contributed by atoms with Crippen LogP contribution in [-0.2, 0) is 4.79 Å². The predicted octanol–water partition coefficient (Wildman–Crippen LogP) is 3.48. The predicted molar refractivity (Wildman–Crippen MR) is 106 cm³/mol. The first-order valence-electron chi connectivity index (χ1n) is 8.97. The fourth-order valence-electron chi connectivity index (χ4n) is 2.38. The summed E-state index contributed by atoms with van der Waals surface area (Å²) in [4.78, 5) is 22.8. The molecule has 1 amide bonds. The monoisotopic (exact) mass is 384 g/mol. The molecule has 2 aromatic rings. The number of amides is 1. The van der Waals surface area contributed by atoms with E-state index in [-0.39, 0.29) is 12.0 Å². The highest BCUT2D eigenvalue weighted by molar-refractivity contribution is 6.02. The van der Waals surface area contributed by atoms with Crippen LogP contribution in [-0.4, -0.2) is 35.4 Å². The van der Waals surface area contributed by atoms with Crippen LogP contribution >= 0.6 is 0 Å². The van der Waals surface area contributed by atoms with Gasteiger partial charge in [-0.05, 0) is 74.4 Å². The van der Waals surface area contributed by atoms with Crippen LogP contribution in [0, 0.1) is 0 Å². The van der Waals surface area contributed by atoms with Crippen LogP contribution in [0.1, 0.15) is 43.1 Å². The Hall–Kier alpha value is -3.35. The second-order valence-electron chi connectivity index (χ2n) is 6.25. The van der Waals surface area contributed by atoms with E-state index in [0.717, 1.165) is 5.56 Å². The summed E-state index contributed by atoms with van der Waals surface area (Å²) < 4.78 is 10.7. The number of hydrazone groups is 1. The molecule has 0 aliphatic heterocycles. The molecule has 7 heteroatoms. The number of benzene rings is 2. The second-order valence-corrected chi connectivity index (χ2v) is 6.25. The first-order valence-corrected chi connectivity index (χ1v) is 8.97. The lowest BCUT2D eigenvalue weighted by atomic mass is 10.1. The lowest BCUT2D eigenvalue weighted by molar-refractivity contribution is -0.139. The fourth-order valence-corrected chi connectivity index (χ4v) is 2.38. The lowest BCUT2D eigenvalue weighted by Crippen LogP contribution is -2.20. The number of hydrogen-bond acceptors (Lipinski definition) is 5. The SMILES string of the molecule is CC/C(=N/NC(=O)c1ccc(OC(C)C)cc1)c1ccc(OCC(=O)O)cc1. The maximum atomic E-state index is 12.3. The number of carbonyl (C=O) groups is 2. The van der Waals surface area contributed by atoms with E-state index < -0.39 is 12.6 Å². The highest BCUT2D eigenvalue weighted by Gasteiger charge is 2.08. The number of carboxylic acids is 1. The summed E-state index contributed by atoms with van der Waals surface area (Å²) in [5.41, 5.74) is 4.55. The smallest absolute Gasteiger partial charge is 0.341 e. The Morgan fingerprint density at radius 1 is 1.00 bits per heavy atom. The minimum Gasteiger partial charge on any atom is -0.491 e. The van der Waals surface area contributed by atoms with Gasteiger partial charge in [-0.1, -0.05) is 6.92 Å². The van der Waals surface area contributed by atoms with E-state index in [0.29, 0.717) is 29.2 Å². The van der Waals surface area contributed by atoms with E-state index in [1.54, 1.807) is 48.5 Å². The normalized spacial score (nSPS) is 11.2. The molecule has 28 heavy (non-hydrogen) atoms. The minimum absolute atomic E-state index is 0.0669. The van der Waals surface area contributed by atoms with Crippen molar-refractivity contribution in [3.63, 3.8) is 0 Å². The molecule has 0 saturated heterocycles. The van der Waals surface area contributed by atoms with Crippen molar-refractivity contribution >= 4 is 17.6 Å². The zero-order valence-electron chi connectivity index (χ0n) is 16.1. The maximum absolute atomic E-state index is 12.3. The van der Waals surface area contributed by atoms with E-state index in [9.17, 15) is 9.59 Å². The number of ether oxygens (including phenoxy) is 2. The first kappa shape index (κ1) is 21.0. The lowest BCUT2D eigenvalue weighted by Gasteiger charge is -2.10. The maximum Gasteiger partial charge on any atom is 0.341 e. The van der Waals surface area contributed by atoms with Crippen LogP contribution in [0.5, 0.6) is 11.5 Å². The number of nitrogens with zero attached hydrogens (tertiary/aromatic N) is 1. The third-order valence-corrected chi connectivity index (χ3v) is 3.67. The van der Waals surface area contributed by atoms with E-state index >= 15 is 0 Å². The Morgan fingerprint density at radius 2 is 1.57 bits per heavy atom. The van der Waals surface area contributed by atoms with E-state index in [4.69, 9.17) is 14.6 Å². The molecule has 0 atom stereocenters. The van der Waals surface area contributed by atoms with Crippen molar-refractivity contribution in [1.82, 2.24) is 5.43 Å². The van der Waals surface area contributed by atoms with Crippen LogP contribution in [0.15, 0.2) is 53.6 Å². The quantitative estimate of drug-likeness (QED) is 0.510. The standard InChI is InChI=1S/C21H24N2O5/c1-4-19(15-5-9-17(10-6-15)27-13-20(24)25)22-23-21(26)16-7-11-18(12-8-16)28-14(2)3/h5-12,14H,4,13H2,1-3H3,(H,23,26)(H,24,25)/b22-19-. The molecule has 0 radical (unpaired) electrons. The molecule has 2 aromatic carbocycles. The van der Waals surface area contributed by atoms with Crippen molar-refractivity contribution in [2.24, 2.45) is 5.10 Å². The molecule has 0 spiro atoms. The molecule has 2 N–H and O–H groups in total. The molecular weight excluding hydrogens is 360 g/mol. The summed E-state index contributed by atoms with van der Waals surface area (Å²) in [7, 11) is 0. The molecule has 7 nitrogen and oxygen atoms in total. The molecule has 0 heterocycles. The van der Waals surface area contributed by atoms with Crippen molar-refractivity contribution in [1.29, 1.82) is 0 Å². The Labute approximate surface area is 164 Å². The van der Waals surface area contributed by atoms with Gasteiger partial charge in [0.05, 0.1) is 11.8 Å². The average Bonchev–Trinajstić information content (AvgIpc) is 2.67. The number of hydrogen-bond donors (Lipinski definition) is 2. The van der Waals surface area contributed by atoms with Gasteiger partial charge in [0.15, 0.2) is 6.61 Å². The van der Waals surface area contributed by atoms with Gasteiger partial charge in [0.1, 0.15) is 11.5 Å². The molecule has 2 rings (SSSR count). The van der Waals surface area contributed by atoms with Crippen LogP contribution < -0.4 is 14.9 Å².